The summed E-state index contributed by atoms with van der Waals surface area (Å²) in [5.74, 6) is 0.328. The molecule has 0 aliphatic carbocycles. The Morgan fingerprint density at radius 1 is 1.14 bits per heavy atom. The third-order valence-electron chi connectivity index (χ3n) is 2.96. The zero-order chi connectivity index (χ0) is 15.0. The predicted octanol–water partition coefficient (Wildman–Crippen LogP) is 2.82. The topological polar surface area (TPSA) is 57.0 Å². The minimum atomic E-state index is -0.320. The van der Waals surface area contributed by atoms with Crippen LogP contribution in [0.4, 0.5) is 0 Å². The number of fused-ring (bicyclic) bond motifs is 1. The average molecular weight is 322 g/mol. The minimum absolute atomic E-state index is 0.320. The highest BCUT2D eigenvalue weighted by Gasteiger charge is 2.13. The molecule has 1 aromatic carbocycles. The third-order valence-corrected chi connectivity index (χ3v) is 3.59. The fourth-order valence-corrected chi connectivity index (χ4v) is 2.57. The van der Waals surface area contributed by atoms with Gasteiger partial charge in [0.2, 0.25) is 0 Å². The lowest BCUT2D eigenvalue weighted by Crippen LogP contribution is -2.24. The second-order valence-electron chi connectivity index (χ2n) is 4.22. The Labute approximate surface area is 129 Å². The molecular weight excluding hydrogens is 313 g/mol. The van der Waals surface area contributed by atoms with Crippen LogP contribution in [-0.4, -0.2) is 21.8 Å². The molecule has 2 heterocycles. The summed E-state index contributed by atoms with van der Waals surface area (Å²) in [4.78, 5) is 25.4. The van der Waals surface area contributed by atoms with E-state index in [4.69, 9.17) is 28.0 Å². The monoisotopic (exact) mass is 321 g/mol. The van der Waals surface area contributed by atoms with Crippen LogP contribution in [0, 0.1) is 0 Å². The molecule has 0 saturated carbocycles. The number of rotatable bonds is 2. The van der Waals surface area contributed by atoms with Crippen molar-refractivity contribution in [1.82, 2.24) is 14.7 Å². The van der Waals surface area contributed by atoms with Gasteiger partial charge in [0.25, 0.3) is 5.56 Å². The van der Waals surface area contributed by atoms with Gasteiger partial charge in [-0.2, -0.15) is 0 Å². The van der Waals surface area contributed by atoms with Crippen LogP contribution < -0.4 is 10.4 Å². The second-order valence-corrected chi connectivity index (χ2v) is 5.03. The summed E-state index contributed by atoms with van der Waals surface area (Å²) in [7, 11) is 1.39. The van der Waals surface area contributed by atoms with Crippen molar-refractivity contribution >= 4 is 34.2 Å². The van der Waals surface area contributed by atoms with Crippen LogP contribution in [0.5, 0.6) is 0 Å². The fourth-order valence-electron chi connectivity index (χ4n) is 2.00. The molecule has 2 aromatic heterocycles. The van der Waals surface area contributed by atoms with E-state index in [1.165, 1.54) is 13.2 Å². The highest BCUT2D eigenvalue weighted by molar-refractivity contribution is 6.39. The van der Waals surface area contributed by atoms with E-state index in [1.54, 1.807) is 30.5 Å². The number of hydrogen-bond acceptors (Lipinski definition) is 4. The number of benzene rings is 1. The van der Waals surface area contributed by atoms with E-state index in [2.05, 4.69) is 9.97 Å². The molecule has 0 atom stereocenters. The molecule has 0 saturated heterocycles. The van der Waals surface area contributed by atoms with Crippen LogP contribution in [0.3, 0.4) is 0 Å². The lowest BCUT2D eigenvalue weighted by molar-refractivity contribution is 0.167. The lowest BCUT2D eigenvalue weighted by Gasteiger charge is -2.09. The van der Waals surface area contributed by atoms with Gasteiger partial charge in [-0.1, -0.05) is 29.3 Å². The van der Waals surface area contributed by atoms with Crippen molar-refractivity contribution < 1.29 is 4.84 Å². The molecule has 0 aliphatic rings. The van der Waals surface area contributed by atoms with Crippen LogP contribution in [0.25, 0.3) is 22.4 Å². The Hall–Kier alpha value is -2.11. The van der Waals surface area contributed by atoms with Crippen molar-refractivity contribution in [2.24, 2.45) is 0 Å². The first-order chi connectivity index (χ1) is 10.1. The molecule has 0 bridgehead atoms. The number of nitrogens with zero attached hydrogens (tertiary/aromatic N) is 3. The SMILES string of the molecule is COn1c(=O)ccc2cnc(-c3c(Cl)cccc3Cl)nc21. The molecule has 5 nitrogen and oxygen atoms in total. The van der Waals surface area contributed by atoms with Gasteiger partial charge in [0.15, 0.2) is 11.5 Å². The molecule has 21 heavy (non-hydrogen) atoms. The molecule has 0 fully saturated rings. The summed E-state index contributed by atoms with van der Waals surface area (Å²) in [5.41, 5.74) is 0.549. The van der Waals surface area contributed by atoms with Crippen molar-refractivity contribution in [2.45, 2.75) is 0 Å². The van der Waals surface area contributed by atoms with Crippen molar-refractivity contribution in [3.63, 3.8) is 0 Å². The summed E-state index contributed by atoms with van der Waals surface area (Å²) >= 11 is 12.3. The third kappa shape index (κ3) is 2.34. The van der Waals surface area contributed by atoms with E-state index >= 15 is 0 Å². The highest BCUT2D eigenvalue weighted by atomic mass is 35.5. The van der Waals surface area contributed by atoms with Gasteiger partial charge in [-0.05, 0) is 18.2 Å². The predicted molar refractivity (Wildman–Crippen MR) is 81.8 cm³/mol. The summed E-state index contributed by atoms with van der Waals surface area (Å²) in [6, 6.07) is 8.15. The Morgan fingerprint density at radius 2 is 1.86 bits per heavy atom. The van der Waals surface area contributed by atoms with Crippen molar-refractivity contribution in [3.05, 3.63) is 56.9 Å². The maximum Gasteiger partial charge on any atom is 0.285 e. The maximum atomic E-state index is 11.8. The van der Waals surface area contributed by atoms with Gasteiger partial charge in [0, 0.05) is 17.6 Å². The van der Waals surface area contributed by atoms with Gasteiger partial charge in [0.1, 0.15) is 7.11 Å². The lowest BCUT2D eigenvalue weighted by atomic mass is 10.2. The first-order valence-corrected chi connectivity index (χ1v) is 6.75. The van der Waals surface area contributed by atoms with Crippen molar-refractivity contribution in [2.75, 3.05) is 7.11 Å². The van der Waals surface area contributed by atoms with E-state index in [0.717, 1.165) is 4.73 Å². The van der Waals surface area contributed by atoms with Gasteiger partial charge >= 0.3 is 0 Å². The zero-order valence-corrected chi connectivity index (χ0v) is 12.4. The first kappa shape index (κ1) is 13.9. The number of hydrogen-bond donors (Lipinski definition) is 0. The zero-order valence-electron chi connectivity index (χ0n) is 10.9. The smallest absolute Gasteiger partial charge is 0.285 e. The molecule has 0 aliphatic heterocycles. The maximum absolute atomic E-state index is 11.8. The van der Waals surface area contributed by atoms with Crippen LogP contribution in [0.2, 0.25) is 10.0 Å². The number of halogens is 2. The van der Waals surface area contributed by atoms with Gasteiger partial charge in [-0.15, -0.1) is 4.73 Å². The normalized spacial score (nSPS) is 10.8. The molecule has 0 amide bonds. The Kier molecular flexibility index (Phi) is 3.53. The second kappa shape index (κ2) is 5.35. The molecule has 0 radical (unpaired) electrons. The van der Waals surface area contributed by atoms with E-state index in [0.29, 0.717) is 32.5 Å². The molecule has 0 unspecified atom stereocenters. The van der Waals surface area contributed by atoms with Gasteiger partial charge in [0.05, 0.1) is 15.6 Å². The summed E-state index contributed by atoms with van der Waals surface area (Å²) < 4.78 is 1.09. The van der Waals surface area contributed by atoms with Crippen LogP contribution >= 0.6 is 23.2 Å². The van der Waals surface area contributed by atoms with E-state index < -0.39 is 0 Å². The molecule has 0 spiro atoms. The Bertz CT molecular complexity index is 873. The average Bonchev–Trinajstić information content (AvgIpc) is 2.47. The van der Waals surface area contributed by atoms with E-state index in [-0.39, 0.29) is 5.56 Å². The Balaban J connectivity index is 2.33. The summed E-state index contributed by atoms with van der Waals surface area (Å²) in [5, 5.41) is 1.54. The molecular formula is C14H9Cl2N3O2. The van der Waals surface area contributed by atoms with Crippen LogP contribution in [-0.2, 0) is 0 Å². The van der Waals surface area contributed by atoms with Gasteiger partial charge in [-0.25, -0.2) is 9.97 Å². The van der Waals surface area contributed by atoms with Crippen molar-refractivity contribution in [1.29, 1.82) is 0 Å². The largest absolute Gasteiger partial charge is 0.412 e. The molecule has 3 aromatic rings. The quantitative estimate of drug-likeness (QED) is 0.728. The van der Waals surface area contributed by atoms with Gasteiger partial charge < -0.3 is 4.84 Å². The first-order valence-electron chi connectivity index (χ1n) is 5.99. The highest BCUT2D eigenvalue weighted by Crippen LogP contribution is 2.32. The van der Waals surface area contributed by atoms with Crippen LogP contribution in [0.1, 0.15) is 0 Å². The number of pyridine rings is 1. The Morgan fingerprint density at radius 3 is 2.52 bits per heavy atom. The molecule has 0 N–H and O–H groups in total. The van der Waals surface area contributed by atoms with Gasteiger partial charge in [-0.3, -0.25) is 4.79 Å². The van der Waals surface area contributed by atoms with E-state index in [1.807, 2.05) is 0 Å². The van der Waals surface area contributed by atoms with Crippen LogP contribution in [0.15, 0.2) is 41.3 Å². The van der Waals surface area contributed by atoms with Crippen molar-refractivity contribution in [3.8, 4) is 11.4 Å². The molecule has 106 valence electrons. The fraction of sp³-hybridized carbons (Fsp3) is 0.0714. The molecule has 3 rings (SSSR count). The summed E-state index contributed by atoms with van der Waals surface area (Å²) in [6.07, 6.45) is 1.59. The van der Waals surface area contributed by atoms with E-state index in [9.17, 15) is 4.79 Å². The number of aromatic nitrogens is 3. The minimum Gasteiger partial charge on any atom is -0.412 e. The molecule has 7 heteroatoms. The summed E-state index contributed by atoms with van der Waals surface area (Å²) in [6.45, 7) is 0. The standard InChI is InChI=1S/C14H9Cl2N3O2/c1-21-19-11(20)6-5-8-7-17-13(18-14(8)19)12-9(15)3-2-4-10(12)16/h2-7H,1H3.